The summed E-state index contributed by atoms with van der Waals surface area (Å²) in [5.74, 6) is 3.63. The maximum Gasteiger partial charge on any atom is 0.131 e. The third-order valence-electron chi connectivity index (χ3n) is 8.35. The highest BCUT2D eigenvalue weighted by atomic mass is 19.1. The maximum absolute atomic E-state index is 14.8. The minimum atomic E-state index is -0.158. The van der Waals surface area contributed by atoms with Crippen LogP contribution in [0.3, 0.4) is 0 Å². The molecule has 0 aromatic heterocycles. The van der Waals surface area contributed by atoms with Crippen molar-refractivity contribution in [3.63, 3.8) is 0 Å². The molecular weight excluding hydrogens is 393 g/mol. The molecular formula is C30H38FN. The van der Waals surface area contributed by atoms with Crippen LogP contribution in [0.1, 0.15) is 88.7 Å². The van der Waals surface area contributed by atoms with Crippen molar-refractivity contribution in [2.45, 2.75) is 84.0 Å². The molecule has 2 aliphatic rings. The Morgan fingerprint density at radius 1 is 0.812 bits per heavy atom. The van der Waals surface area contributed by atoms with Gasteiger partial charge in [0.25, 0.3) is 0 Å². The number of nitrogens with zero attached hydrogens (tertiary/aromatic N) is 1. The molecule has 2 aromatic rings. The second-order valence-electron chi connectivity index (χ2n) is 10.4. The molecule has 0 aliphatic heterocycles. The van der Waals surface area contributed by atoms with Crippen LogP contribution in [0.5, 0.6) is 0 Å². The average Bonchev–Trinajstić information content (AvgIpc) is 2.84. The zero-order valence-electron chi connectivity index (χ0n) is 19.7. The topological polar surface area (TPSA) is 23.8 Å². The Morgan fingerprint density at radius 2 is 1.41 bits per heavy atom. The second-order valence-corrected chi connectivity index (χ2v) is 10.4. The van der Waals surface area contributed by atoms with Crippen molar-refractivity contribution in [1.82, 2.24) is 0 Å². The van der Waals surface area contributed by atoms with E-state index in [2.05, 4.69) is 19.1 Å². The average molecular weight is 432 g/mol. The van der Waals surface area contributed by atoms with Crippen LogP contribution in [-0.4, -0.2) is 0 Å². The van der Waals surface area contributed by atoms with Gasteiger partial charge in [-0.2, -0.15) is 5.26 Å². The number of benzene rings is 2. The fraction of sp³-hybridized carbons (Fsp3) is 0.567. The summed E-state index contributed by atoms with van der Waals surface area (Å²) >= 11 is 0. The molecule has 0 unspecified atom stereocenters. The first-order chi connectivity index (χ1) is 15.7. The Labute approximate surface area is 194 Å². The highest BCUT2D eigenvalue weighted by molar-refractivity contribution is 5.65. The van der Waals surface area contributed by atoms with Gasteiger partial charge in [-0.15, -0.1) is 0 Å². The van der Waals surface area contributed by atoms with Crippen molar-refractivity contribution < 1.29 is 4.39 Å². The van der Waals surface area contributed by atoms with E-state index in [1.54, 1.807) is 18.2 Å². The summed E-state index contributed by atoms with van der Waals surface area (Å²) in [6, 6.07) is 14.9. The molecule has 0 saturated heterocycles. The van der Waals surface area contributed by atoms with Crippen molar-refractivity contribution in [2.24, 2.45) is 23.7 Å². The van der Waals surface area contributed by atoms with E-state index in [-0.39, 0.29) is 5.82 Å². The Bertz CT molecular complexity index is 893. The van der Waals surface area contributed by atoms with Crippen LogP contribution in [0.4, 0.5) is 4.39 Å². The van der Waals surface area contributed by atoms with E-state index in [9.17, 15) is 4.39 Å². The molecule has 4 rings (SSSR count). The summed E-state index contributed by atoms with van der Waals surface area (Å²) < 4.78 is 14.8. The summed E-state index contributed by atoms with van der Waals surface area (Å²) in [5.41, 5.74) is 3.16. The quantitative estimate of drug-likeness (QED) is 0.430. The van der Waals surface area contributed by atoms with Crippen LogP contribution in [0.2, 0.25) is 0 Å². The number of nitriles is 1. The first kappa shape index (κ1) is 23.0. The summed E-state index contributed by atoms with van der Waals surface area (Å²) in [5, 5.41) is 8.94. The number of aryl methyl sites for hydroxylation is 1. The van der Waals surface area contributed by atoms with Gasteiger partial charge in [-0.1, -0.05) is 69.7 Å². The molecule has 0 spiro atoms. The normalized spacial score (nSPS) is 25.9. The van der Waals surface area contributed by atoms with E-state index in [1.807, 2.05) is 18.2 Å². The van der Waals surface area contributed by atoms with Gasteiger partial charge < -0.3 is 0 Å². The zero-order chi connectivity index (χ0) is 22.3. The number of rotatable bonds is 7. The SMILES string of the molecule is CCCC1CCC(C2CCC(CCc3ccc(-c4ccc(C#N)cc4)c(F)c3)CC2)CC1. The Kier molecular flexibility index (Phi) is 8.01. The molecule has 0 bridgehead atoms. The fourth-order valence-corrected chi connectivity index (χ4v) is 6.35. The van der Waals surface area contributed by atoms with Gasteiger partial charge >= 0.3 is 0 Å². The maximum atomic E-state index is 14.8. The fourth-order valence-electron chi connectivity index (χ4n) is 6.35. The lowest BCUT2D eigenvalue weighted by molar-refractivity contribution is 0.141. The first-order valence-corrected chi connectivity index (χ1v) is 12.9. The van der Waals surface area contributed by atoms with Crippen LogP contribution in [0.15, 0.2) is 42.5 Å². The summed E-state index contributed by atoms with van der Waals surface area (Å²) in [6.45, 7) is 2.32. The summed E-state index contributed by atoms with van der Waals surface area (Å²) in [6.07, 6.45) is 16.4. The monoisotopic (exact) mass is 431 g/mol. The predicted molar refractivity (Wildman–Crippen MR) is 131 cm³/mol. The van der Waals surface area contributed by atoms with Gasteiger partial charge in [-0.25, -0.2) is 4.39 Å². The third-order valence-corrected chi connectivity index (χ3v) is 8.35. The largest absolute Gasteiger partial charge is 0.206 e. The van der Waals surface area contributed by atoms with Gasteiger partial charge in [0.05, 0.1) is 11.6 Å². The molecule has 0 heterocycles. The number of hydrogen-bond acceptors (Lipinski definition) is 1. The van der Waals surface area contributed by atoms with Crippen LogP contribution in [0, 0.1) is 40.8 Å². The van der Waals surface area contributed by atoms with E-state index in [0.717, 1.165) is 41.2 Å². The van der Waals surface area contributed by atoms with Crippen LogP contribution in [0.25, 0.3) is 11.1 Å². The second kappa shape index (κ2) is 11.1. The van der Waals surface area contributed by atoms with Gasteiger partial charge in [0.2, 0.25) is 0 Å². The van der Waals surface area contributed by atoms with Crippen LogP contribution < -0.4 is 0 Å². The minimum absolute atomic E-state index is 0.158. The summed E-state index contributed by atoms with van der Waals surface area (Å²) in [7, 11) is 0. The number of hydrogen-bond donors (Lipinski definition) is 0. The Hall–Kier alpha value is -2.14. The van der Waals surface area contributed by atoms with Crippen molar-refractivity contribution >= 4 is 0 Å². The summed E-state index contributed by atoms with van der Waals surface area (Å²) in [4.78, 5) is 0. The van der Waals surface area contributed by atoms with E-state index >= 15 is 0 Å². The lowest BCUT2D eigenvalue weighted by atomic mass is 9.68. The molecule has 170 valence electrons. The van der Waals surface area contributed by atoms with E-state index in [4.69, 9.17) is 5.26 Å². The number of halogens is 1. The highest BCUT2D eigenvalue weighted by Gasteiger charge is 2.30. The lowest BCUT2D eigenvalue weighted by Gasteiger charge is -2.38. The highest BCUT2D eigenvalue weighted by Crippen LogP contribution is 2.43. The predicted octanol–water partition coefficient (Wildman–Crippen LogP) is 8.71. The Balaban J connectivity index is 1.23. The van der Waals surface area contributed by atoms with E-state index < -0.39 is 0 Å². The zero-order valence-corrected chi connectivity index (χ0v) is 19.7. The molecule has 0 amide bonds. The molecule has 0 N–H and O–H groups in total. The van der Waals surface area contributed by atoms with Gasteiger partial charge in [0.15, 0.2) is 0 Å². The van der Waals surface area contributed by atoms with E-state index in [0.29, 0.717) is 11.1 Å². The van der Waals surface area contributed by atoms with Gasteiger partial charge in [-0.05, 0) is 91.5 Å². The standard InChI is InChI=1S/C30H38FN/c1-2-3-22-6-13-26(14-7-22)27-15-8-23(9-16-27)4-5-24-12-19-29(30(31)20-24)28-17-10-25(21-32)11-18-28/h10-12,17-20,22-23,26-27H,2-9,13-16H2,1H3. The smallest absolute Gasteiger partial charge is 0.131 e. The van der Waals surface area contributed by atoms with Gasteiger partial charge in [0.1, 0.15) is 5.82 Å². The van der Waals surface area contributed by atoms with E-state index in [1.165, 1.54) is 70.6 Å². The molecule has 2 saturated carbocycles. The van der Waals surface area contributed by atoms with Crippen molar-refractivity contribution in [3.8, 4) is 17.2 Å². The first-order valence-electron chi connectivity index (χ1n) is 12.9. The van der Waals surface area contributed by atoms with Crippen molar-refractivity contribution in [1.29, 1.82) is 5.26 Å². The molecule has 2 fully saturated rings. The van der Waals surface area contributed by atoms with Gasteiger partial charge in [-0.3, -0.25) is 0 Å². The molecule has 0 radical (unpaired) electrons. The lowest BCUT2D eigenvalue weighted by Crippen LogP contribution is -2.26. The molecule has 2 heteroatoms. The van der Waals surface area contributed by atoms with Gasteiger partial charge in [0, 0.05) is 5.56 Å². The molecule has 2 aliphatic carbocycles. The molecule has 1 nitrogen and oxygen atoms in total. The van der Waals surface area contributed by atoms with Crippen LogP contribution in [-0.2, 0) is 6.42 Å². The Morgan fingerprint density at radius 3 is 1.94 bits per heavy atom. The molecule has 32 heavy (non-hydrogen) atoms. The van der Waals surface area contributed by atoms with Crippen molar-refractivity contribution in [2.75, 3.05) is 0 Å². The third kappa shape index (κ3) is 5.80. The molecule has 2 aromatic carbocycles. The minimum Gasteiger partial charge on any atom is -0.206 e. The van der Waals surface area contributed by atoms with Crippen molar-refractivity contribution in [3.05, 3.63) is 59.4 Å². The van der Waals surface area contributed by atoms with Crippen LogP contribution >= 0.6 is 0 Å². The molecule has 0 atom stereocenters.